The fourth-order valence-corrected chi connectivity index (χ4v) is 0.389. The van der Waals surface area contributed by atoms with Gasteiger partial charge in [-0.2, -0.15) is 13.2 Å². The van der Waals surface area contributed by atoms with Crippen LogP contribution in [0, 0.1) is 0 Å². The molecule has 9 heavy (non-hydrogen) atoms. The van der Waals surface area contributed by atoms with E-state index in [0.717, 1.165) is 0 Å². The van der Waals surface area contributed by atoms with Gasteiger partial charge in [0, 0.05) is 32.7 Å². The van der Waals surface area contributed by atoms with Crippen molar-refractivity contribution in [2.75, 3.05) is 20.6 Å². The molecule has 0 aliphatic heterocycles. The Morgan fingerprint density at radius 1 is 1.56 bits per heavy atom. The Hall–Kier alpha value is 0.404. The van der Waals surface area contributed by atoms with Gasteiger partial charge in [-0.3, -0.25) is 0 Å². The maximum Gasteiger partial charge on any atom is 0 e. The maximum atomic E-state index is 5.37. The average molecular weight is 202 g/mol. The van der Waals surface area contributed by atoms with Gasteiger partial charge in [0.25, 0.3) is 0 Å². The van der Waals surface area contributed by atoms with Crippen molar-refractivity contribution in [3.8, 4) is 0 Å². The largest absolute Gasteiger partial charge is 0.692 e. The summed E-state index contributed by atoms with van der Waals surface area (Å²) in [5.74, 6) is 0. The maximum absolute atomic E-state index is 5.37. The standard InChI is InChI=1S/C5H11N3.Y/c1-7-3-5(6)4-8-2;/h3H,4,6H2,1-2H3;/q-2;/b5-3+;. The third-order valence-electron chi connectivity index (χ3n) is 0.636. The van der Waals surface area contributed by atoms with Crippen molar-refractivity contribution in [1.82, 2.24) is 0 Å². The summed E-state index contributed by atoms with van der Waals surface area (Å²) in [5, 5.41) is 7.51. The van der Waals surface area contributed by atoms with Crippen LogP contribution in [0.2, 0.25) is 0 Å². The molecule has 0 aliphatic rings. The van der Waals surface area contributed by atoms with Crippen LogP contribution in [0.5, 0.6) is 0 Å². The zero-order valence-corrected chi connectivity index (χ0v) is 8.67. The molecule has 0 fully saturated rings. The molecule has 51 valence electrons. The molecule has 0 rings (SSSR count). The number of nitrogens with two attached hydrogens (primary N) is 1. The smallest absolute Gasteiger partial charge is 0 e. The predicted molar refractivity (Wildman–Crippen MR) is 35.7 cm³/mol. The van der Waals surface area contributed by atoms with Crippen LogP contribution in [0.25, 0.3) is 10.6 Å². The molecule has 0 amide bonds. The summed E-state index contributed by atoms with van der Waals surface area (Å²) in [4.78, 5) is 0. The number of hydrogen-bond acceptors (Lipinski definition) is 1. The number of rotatable bonds is 3. The van der Waals surface area contributed by atoms with E-state index in [1.165, 1.54) is 0 Å². The number of likely N-dealkylation sites (N-methyl/N-ethyl adjacent to an activating group) is 1. The Kier molecular flexibility index (Phi) is 11.3. The zero-order valence-electron chi connectivity index (χ0n) is 5.83. The minimum absolute atomic E-state index is 0. The van der Waals surface area contributed by atoms with Crippen molar-refractivity contribution in [1.29, 1.82) is 0 Å². The van der Waals surface area contributed by atoms with Gasteiger partial charge >= 0.3 is 0 Å². The minimum Gasteiger partial charge on any atom is -0.692 e. The summed E-state index contributed by atoms with van der Waals surface area (Å²) >= 11 is 0. The molecule has 0 aromatic rings. The first-order valence-corrected chi connectivity index (χ1v) is 2.40. The second-order valence-electron chi connectivity index (χ2n) is 1.44. The van der Waals surface area contributed by atoms with E-state index in [2.05, 4.69) is 10.6 Å². The van der Waals surface area contributed by atoms with E-state index in [1.807, 2.05) is 0 Å². The van der Waals surface area contributed by atoms with E-state index in [-0.39, 0.29) is 32.7 Å². The van der Waals surface area contributed by atoms with Gasteiger partial charge in [0.05, 0.1) is 0 Å². The summed E-state index contributed by atoms with van der Waals surface area (Å²) in [6.45, 7) is 0.581. The van der Waals surface area contributed by atoms with E-state index in [4.69, 9.17) is 5.73 Å². The minimum atomic E-state index is 0. The fraction of sp³-hybridized carbons (Fsp3) is 0.600. The van der Waals surface area contributed by atoms with Crippen molar-refractivity contribution in [3.63, 3.8) is 0 Å². The first-order chi connectivity index (χ1) is 3.81. The summed E-state index contributed by atoms with van der Waals surface area (Å²) in [6, 6.07) is 0. The molecule has 4 heteroatoms. The first-order valence-electron chi connectivity index (χ1n) is 2.40. The average Bonchev–Trinajstić information content (AvgIpc) is 1.68. The molecule has 1 radical (unpaired) electrons. The predicted octanol–water partition coefficient (Wildman–Crippen LogP) is 0.791. The second-order valence-corrected chi connectivity index (χ2v) is 1.44. The number of hydrogen-bond donors (Lipinski definition) is 1. The summed E-state index contributed by atoms with van der Waals surface area (Å²) in [6.07, 6.45) is 1.60. The fourth-order valence-electron chi connectivity index (χ4n) is 0.389. The molecule has 0 aromatic carbocycles. The van der Waals surface area contributed by atoms with E-state index < -0.39 is 0 Å². The molecular formula is C5H11N3Y-2. The zero-order chi connectivity index (χ0) is 6.41. The Balaban J connectivity index is 0. The number of nitrogens with zero attached hydrogens (tertiary/aromatic N) is 2. The molecule has 3 nitrogen and oxygen atoms in total. The van der Waals surface area contributed by atoms with Crippen LogP contribution in [0.3, 0.4) is 0 Å². The van der Waals surface area contributed by atoms with Crippen LogP contribution in [0.1, 0.15) is 0 Å². The quantitative estimate of drug-likeness (QED) is 0.722. The van der Waals surface area contributed by atoms with Gasteiger partial charge in [-0.1, -0.05) is 0 Å². The normalized spacial score (nSPS) is 10.2. The van der Waals surface area contributed by atoms with Crippen LogP contribution in [0.15, 0.2) is 11.9 Å². The molecule has 0 spiro atoms. The first kappa shape index (κ1) is 12.1. The monoisotopic (exact) mass is 202 g/mol. The van der Waals surface area contributed by atoms with Crippen molar-refractivity contribution >= 4 is 0 Å². The molecule has 0 aromatic heterocycles. The summed E-state index contributed by atoms with van der Waals surface area (Å²) in [5.41, 5.74) is 6.07. The van der Waals surface area contributed by atoms with Gasteiger partial charge in [0.1, 0.15) is 0 Å². The van der Waals surface area contributed by atoms with Crippen LogP contribution in [-0.4, -0.2) is 20.6 Å². The molecule has 2 N–H and O–H groups in total. The molecule has 0 heterocycles. The van der Waals surface area contributed by atoms with E-state index in [0.29, 0.717) is 12.2 Å². The third kappa shape index (κ3) is 8.40. The van der Waals surface area contributed by atoms with Crippen molar-refractivity contribution in [2.24, 2.45) is 5.73 Å². The second kappa shape index (κ2) is 8.40. The summed E-state index contributed by atoms with van der Waals surface area (Å²) < 4.78 is 0. The summed E-state index contributed by atoms with van der Waals surface area (Å²) in [7, 11) is 3.40. The van der Waals surface area contributed by atoms with Crippen LogP contribution < -0.4 is 5.73 Å². The topological polar surface area (TPSA) is 54.2 Å². The molecule has 0 atom stereocenters. The van der Waals surface area contributed by atoms with Gasteiger partial charge < -0.3 is 16.4 Å². The SMILES string of the molecule is C[N-]/C=C(/N)C[N-]C.[Y]. The Morgan fingerprint density at radius 3 is 2.44 bits per heavy atom. The van der Waals surface area contributed by atoms with Crippen LogP contribution >= 0.6 is 0 Å². The molecule has 0 bridgehead atoms. The van der Waals surface area contributed by atoms with E-state index in [1.54, 1.807) is 20.3 Å². The Bertz CT molecular complexity index is 82.3. The van der Waals surface area contributed by atoms with E-state index in [9.17, 15) is 0 Å². The van der Waals surface area contributed by atoms with Gasteiger partial charge in [-0.25, -0.2) is 0 Å². The Labute approximate surface area is 81.3 Å². The van der Waals surface area contributed by atoms with Gasteiger partial charge in [0.15, 0.2) is 0 Å². The van der Waals surface area contributed by atoms with Gasteiger partial charge in [-0.05, 0) is 5.70 Å². The molecule has 0 aliphatic carbocycles. The third-order valence-corrected chi connectivity index (χ3v) is 0.636. The van der Waals surface area contributed by atoms with Crippen molar-refractivity contribution in [3.05, 3.63) is 22.5 Å². The molecule has 0 saturated carbocycles. The van der Waals surface area contributed by atoms with Crippen LogP contribution in [0.4, 0.5) is 0 Å². The Morgan fingerprint density at radius 2 is 2.11 bits per heavy atom. The molecule has 0 saturated heterocycles. The molecular weight excluding hydrogens is 191 g/mol. The molecule has 0 unspecified atom stereocenters. The van der Waals surface area contributed by atoms with E-state index >= 15 is 0 Å². The van der Waals surface area contributed by atoms with Crippen LogP contribution in [-0.2, 0) is 32.7 Å². The van der Waals surface area contributed by atoms with Crippen molar-refractivity contribution in [2.45, 2.75) is 0 Å². The van der Waals surface area contributed by atoms with Gasteiger partial charge in [-0.15, -0.1) is 13.6 Å². The van der Waals surface area contributed by atoms with Gasteiger partial charge in [0.2, 0.25) is 0 Å². The van der Waals surface area contributed by atoms with Crippen molar-refractivity contribution < 1.29 is 32.7 Å².